The van der Waals surface area contributed by atoms with E-state index in [-0.39, 0.29) is 75.8 Å². The Labute approximate surface area is 358 Å². The second kappa shape index (κ2) is 16.9. The SMILES string of the molecule is CCN1C(=CC2=C(O)C(=CC3=[N+](CCCC(=O)ON4C(=O)CCC4=O)c4ccc(S(=O)(=O)[O-])cc4C3(C)CCOC)C2=O)C(C)(CCCS(=O)(=O)[O-])c2cc(S(=O)(=O)[O-])ccc21. The number of carbonyl (C=O) groups excluding carboxylic acids is 4. The molecule has 0 bridgehead atoms. The highest BCUT2D eigenvalue weighted by Crippen LogP contribution is 2.52. The van der Waals surface area contributed by atoms with Crippen molar-refractivity contribution in [3.8, 4) is 0 Å². The van der Waals surface area contributed by atoms with Gasteiger partial charge in [-0.05, 0) is 82.0 Å². The number of amides is 2. The number of hydroxylamine groups is 2. The number of carbonyl (C=O) groups is 4. The fourth-order valence-corrected chi connectivity index (χ4v) is 9.98. The first-order valence-electron chi connectivity index (χ1n) is 19.4. The molecular formula is C40H43N3O16S3-2. The second-order valence-electron chi connectivity index (χ2n) is 15.6. The van der Waals surface area contributed by atoms with Crippen molar-refractivity contribution in [3.63, 3.8) is 0 Å². The van der Waals surface area contributed by atoms with Gasteiger partial charge >= 0.3 is 5.97 Å². The first kappa shape index (κ1) is 46.4. The van der Waals surface area contributed by atoms with Crippen molar-refractivity contribution >= 4 is 71.0 Å². The van der Waals surface area contributed by atoms with Gasteiger partial charge in [-0.15, -0.1) is 5.06 Å². The average molecular weight is 918 g/mol. The summed E-state index contributed by atoms with van der Waals surface area (Å²) in [5.74, 6) is -4.07. The summed E-state index contributed by atoms with van der Waals surface area (Å²) >= 11 is 0. The zero-order valence-corrected chi connectivity index (χ0v) is 36.5. The number of Topliss-reactive ketones (excluding diaryl/α,β-unsaturated/α-hetero) is 1. The van der Waals surface area contributed by atoms with Crippen molar-refractivity contribution in [3.05, 3.63) is 82.3 Å². The van der Waals surface area contributed by atoms with Gasteiger partial charge in [0, 0.05) is 79.8 Å². The summed E-state index contributed by atoms with van der Waals surface area (Å²) in [6.45, 7) is 5.49. The number of nitrogens with zero attached hydrogens (tertiary/aromatic N) is 3. The van der Waals surface area contributed by atoms with Crippen LogP contribution >= 0.6 is 0 Å². The van der Waals surface area contributed by atoms with Crippen molar-refractivity contribution in [2.75, 3.05) is 37.5 Å². The highest BCUT2D eigenvalue weighted by atomic mass is 32.2. The lowest BCUT2D eigenvalue weighted by Gasteiger charge is -2.32. The molecule has 6 rings (SSSR count). The fraction of sp³-hybridized carbons (Fsp3) is 0.425. The first-order chi connectivity index (χ1) is 28.9. The topological polar surface area (TPSA) is 288 Å². The molecule has 2 aromatic carbocycles. The molecule has 0 saturated carbocycles. The summed E-state index contributed by atoms with van der Waals surface area (Å²) in [7, 11) is -13.1. The smallest absolute Gasteiger partial charge is 0.333 e. The molecule has 1 aliphatic carbocycles. The maximum absolute atomic E-state index is 14.2. The Hall–Kier alpha value is -5.10. The predicted molar refractivity (Wildman–Crippen MR) is 214 cm³/mol. The molecular weight excluding hydrogens is 875 g/mol. The summed E-state index contributed by atoms with van der Waals surface area (Å²) in [4.78, 5) is 56.6. The molecule has 1 N–H and O–H groups in total. The van der Waals surface area contributed by atoms with E-state index in [2.05, 4.69) is 0 Å². The van der Waals surface area contributed by atoms with Crippen molar-refractivity contribution in [1.29, 1.82) is 0 Å². The van der Waals surface area contributed by atoms with E-state index < -0.39 is 86.1 Å². The number of rotatable bonds is 17. The number of imide groups is 1. The fourth-order valence-electron chi connectivity index (χ4n) is 8.49. The minimum atomic E-state index is -4.94. The third-order valence-corrected chi connectivity index (χ3v) is 14.2. The van der Waals surface area contributed by atoms with Crippen LogP contribution in [0.3, 0.4) is 0 Å². The second-order valence-corrected chi connectivity index (χ2v) is 19.9. The molecule has 4 aliphatic rings. The minimum Gasteiger partial charge on any atom is -0.748 e. The molecule has 0 radical (unpaired) electrons. The first-order valence-corrected chi connectivity index (χ1v) is 23.8. The summed E-state index contributed by atoms with van der Waals surface area (Å²) in [6.07, 6.45) is 2.32. The molecule has 19 nitrogen and oxygen atoms in total. The van der Waals surface area contributed by atoms with Gasteiger partial charge in [0.1, 0.15) is 32.5 Å². The Kier molecular flexibility index (Phi) is 12.6. The highest BCUT2D eigenvalue weighted by molar-refractivity contribution is 7.86. The van der Waals surface area contributed by atoms with Crippen molar-refractivity contribution in [2.24, 2.45) is 0 Å². The summed E-state index contributed by atoms with van der Waals surface area (Å²) in [5.41, 5.74) is -0.544. The number of ketones is 1. The number of methoxy groups -OCH3 is 1. The van der Waals surface area contributed by atoms with E-state index in [0.29, 0.717) is 39.0 Å². The van der Waals surface area contributed by atoms with E-state index in [0.717, 1.165) is 12.1 Å². The lowest BCUT2D eigenvalue weighted by Crippen LogP contribution is -2.35. The molecule has 2 atom stereocenters. The average Bonchev–Trinajstić information content (AvgIpc) is 3.72. The van der Waals surface area contributed by atoms with Crippen LogP contribution in [0.2, 0.25) is 0 Å². The maximum atomic E-state index is 14.2. The molecule has 0 aromatic heterocycles. The van der Waals surface area contributed by atoms with E-state index in [4.69, 9.17) is 9.57 Å². The molecule has 22 heteroatoms. The molecule has 334 valence electrons. The Balaban J connectivity index is 1.44. The predicted octanol–water partition coefficient (Wildman–Crippen LogP) is 2.60. The van der Waals surface area contributed by atoms with Gasteiger partial charge in [-0.25, -0.2) is 30.0 Å². The molecule has 3 heterocycles. The zero-order chi connectivity index (χ0) is 45.7. The monoisotopic (exact) mass is 917 g/mol. The van der Waals surface area contributed by atoms with E-state index in [1.54, 1.807) is 30.2 Å². The van der Waals surface area contributed by atoms with Crippen LogP contribution in [-0.2, 0) is 69.9 Å². The molecule has 2 unspecified atom stereocenters. The van der Waals surface area contributed by atoms with Gasteiger partial charge in [-0.3, -0.25) is 14.4 Å². The van der Waals surface area contributed by atoms with E-state index in [1.165, 1.54) is 43.5 Å². The Morgan fingerprint density at radius 3 is 2.05 bits per heavy atom. The number of hydrogen-bond donors (Lipinski definition) is 1. The van der Waals surface area contributed by atoms with Crippen LogP contribution in [0, 0.1) is 0 Å². The van der Waals surface area contributed by atoms with Crippen molar-refractivity contribution in [1.82, 2.24) is 5.06 Å². The van der Waals surface area contributed by atoms with Crippen LogP contribution in [0.5, 0.6) is 0 Å². The number of allylic oxidation sites excluding steroid dienone is 5. The summed E-state index contributed by atoms with van der Waals surface area (Å²) < 4.78 is 115. The van der Waals surface area contributed by atoms with Crippen LogP contribution < -0.4 is 4.90 Å². The standard InChI is InChI=1S/C40H45N3O16S3/c1-5-41-30-11-9-24(61(52,53)54)20-28(30)39(2,15-7-19-60(49,50)51)32(41)22-26-37(47)27(38(26)48)23-33-40(3,16-18-58-4)29-21-25(62(55,56)57)10-12-31(29)42(33)17-6-8-36(46)59-43-34(44)13-14-35(43)45/h9-12,20-23H,5-8,13-19H2,1-4H3,(H3-,47,48,49,50,51,52,53,54,55,56,57)/p-2. The number of aliphatic hydroxyl groups is 1. The van der Waals surface area contributed by atoms with Crippen LogP contribution in [-0.4, -0.2) is 115 Å². The molecule has 0 spiro atoms. The van der Waals surface area contributed by atoms with Crippen LogP contribution in [0.1, 0.15) is 76.8 Å². The van der Waals surface area contributed by atoms with Gasteiger partial charge in [-0.1, -0.05) is 0 Å². The van der Waals surface area contributed by atoms with Crippen molar-refractivity contribution < 1.29 is 77.3 Å². The quantitative estimate of drug-likeness (QED) is 0.103. The number of likely N-dealkylation sites (N-methyl/N-ethyl adjacent to an activating group) is 1. The molecule has 1 saturated heterocycles. The van der Waals surface area contributed by atoms with Gasteiger partial charge in [0.2, 0.25) is 11.5 Å². The Morgan fingerprint density at radius 1 is 0.871 bits per heavy atom. The molecule has 2 aromatic rings. The van der Waals surface area contributed by atoms with Gasteiger partial charge in [0.25, 0.3) is 11.8 Å². The lowest BCUT2D eigenvalue weighted by molar-refractivity contribution is -0.438. The minimum absolute atomic E-state index is 0.0208. The largest absolute Gasteiger partial charge is 0.748 e. The molecule has 2 amide bonds. The maximum Gasteiger partial charge on any atom is 0.333 e. The van der Waals surface area contributed by atoms with Gasteiger partial charge in [-0.2, -0.15) is 4.58 Å². The molecule has 62 heavy (non-hydrogen) atoms. The normalized spacial score (nSPS) is 22.9. The van der Waals surface area contributed by atoms with E-state index >= 15 is 0 Å². The number of hydrogen-bond acceptors (Lipinski definition) is 17. The van der Waals surface area contributed by atoms with Gasteiger partial charge < -0.3 is 33.2 Å². The van der Waals surface area contributed by atoms with Gasteiger partial charge in [0.05, 0.1) is 42.9 Å². The van der Waals surface area contributed by atoms with E-state index in [1.807, 2.05) is 0 Å². The van der Waals surface area contributed by atoms with Crippen LogP contribution in [0.15, 0.2) is 80.9 Å². The third-order valence-electron chi connectivity index (χ3n) is 11.7. The Morgan fingerprint density at radius 2 is 1.48 bits per heavy atom. The number of fused-ring (bicyclic) bond motifs is 2. The molecule has 3 aliphatic heterocycles. The number of anilines is 1. The third kappa shape index (κ3) is 8.76. The number of benzene rings is 2. The lowest BCUT2D eigenvalue weighted by atomic mass is 9.74. The van der Waals surface area contributed by atoms with E-state index in [9.17, 15) is 63.2 Å². The number of aliphatic hydroxyl groups excluding tert-OH is 1. The Bertz CT molecular complexity index is 2740. The molecule has 1 fully saturated rings. The van der Waals surface area contributed by atoms with Crippen LogP contribution in [0.4, 0.5) is 11.4 Å². The highest BCUT2D eigenvalue weighted by Gasteiger charge is 2.50. The zero-order valence-electron chi connectivity index (χ0n) is 34.0. The van der Waals surface area contributed by atoms with Crippen LogP contribution in [0.25, 0.3) is 0 Å². The van der Waals surface area contributed by atoms with Gasteiger partial charge in [0.15, 0.2) is 5.71 Å². The summed E-state index contributed by atoms with van der Waals surface area (Å²) in [5, 5.41) is 12.1. The number of ether oxygens (including phenoxy) is 1. The van der Waals surface area contributed by atoms with Crippen molar-refractivity contribution in [2.45, 2.75) is 86.3 Å². The summed E-state index contributed by atoms with van der Waals surface area (Å²) in [6, 6.07) is 7.45.